The lowest BCUT2D eigenvalue weighted by Gasteiger charge is -2.15. The van der Waals surface area contributed by atoms with Crippen LogP contribution in [0.2, 0.25) is 0 Å². The zero-order chi connectivity index (χ0) is 17.0. The van der Waals surface area contributed by atoms with E-state index in [0.29, 0.717) is 17.3 Å². The van der Waals surface area contributed by atoms with Gasteiger partial charge in [-0.25, -0.2) is 9.97 Å². The molecule has 0 radical (unpaired) electrons. The van der Waals surface area contributed by atoms with Crippen LogP contribution < -0.4 is 10.6 Å². The molecule has 0 unspecified atom stereocenters. The summed E-state index contributed by atoms with van der Waals surface area (Å²) in [5.74, 6) is 1.01. The maximum Gasteiger partial charge on any atom is 0.270 e. The van der Waals surface area contributed by atoms with Crippen LogP contribution in [0.4, 0.5) is 11.5 Å². The predicted molar refractivity (Wildman–Crippen MR) is 93.2 cm³/mol. The van der Waals surface area contributed by atoms with Crippen molar-refractivity contribution in [2.75, 3.05) is 5.32 Å². The molecule has 1 amide bonds. The molecule has 0 saturated carbocycles. The van der Waals surface area contributed by atoms with E-state index in [1.807, 2.05) is 19.9 Å². The summed E-state index contributed by atoms with van der Waals surface area (Å²) in [7, 11) is 0. The predicted octanol–water partition coefficient (Wildman–Crippen LogP) is 3.54. The molecule has 0 aliphatic rings. The quantitative estimate of drug-likeness (QED) is 0.886. The van der Waals surface area contributed by atoms with Crippen molar-refractivity contribution < 1.29 is 4.79 Å². The van der Waals surface area contributed by atoms with Crippen LogP contribution in [0, 0.1) is 13.8 Å². The Bertz CT molecular complexity index is 710. The number of carbonyl (C=O) groups is 1. The number of nitrogens with zero attached hydrogens (tertiary/aromatic N) is 2. The molecular formula is C18H24N4O. The van der Waals surface area contributed by atoms with Gasteiger partial charge in [-0.1, -0.05) is 25.1 Å². The smallest absolute Gasteiger partial charge is 0.270 e. The molecule has 23 heavy (non-hydrogen) atoms. The van der Waals surface area contributed by atoms with Crippen molar-refractivity contribution in [3.63, 3.8) is 0 Å². The van der Waals surface area contributed by atoms with Crippen LogP contribution >= 0.6 is 0 Å². The summed E-state index contributed by atoms with van der Waals surface area (Å²) < 4.78 is 0. The standard InChI is InChI=1S/C18H24N4O/c1-6-14-9-7-8-12(4)17(14)22-16-10-15(20-13(5)21-16)18(23)19-11(2)3/h7-11H,6H2,1-5H3,(H,19,23)(H,20,21,22). The van der Waals surface area contributed by atoms with E-state index in [-0.39, 0.29) is 11.9 Å². The van der Waals surface area contributed by atoms with Crippen molar-refractivity contribution in [1.82, 2.24) is 15.3 Å². The third-order valence-corrected chi connectivity index (χ3v) is 3.48. The highest BCUT2D eigenvalue weighted by Gasteiger charge is 2.13. The Balaban J connectivity index is 2.34. The second kappa shape index (κ2) is 7.22. The largest absolute Gasteiger partial charge is 0.349 e. The van der Waals surface area contributed by atoms with E-state index < -0.39 is 0 Å². The van der Waals surface area contributed by atoms with Crippen LogP contribution in [0.5, 0.6) is 0 Å². The van der Waals surface area contributed by atoms with E-state index in [9.17, 15) is 4.79 Å². The Kier molecular flexibility index (Phi) is 5.32. The van der Waals surface area contributed by atoms with Crippen LogP contribution in [0.15, 0.2) is 24.3 Å². The van der Waals surface area contributed by atoms with Crippen LogP contribution in [-0.4, -0.2) is 21.9 Å². The molecule has 0 atom stereocenters. The number of anilines is 2. The molecule has 5 heteroatoms. The molecule has 5 nitrogen and oxygen atoms in total. The SMILES string of the molecule is CCc1cccc(C)c1Nc1cc(C(=O)NC(C)C)nc(C)n1. The van der Waals surface area contributed by atoms with Crippen molar-refractivity contribution >= 4 is 17.4 Å². The van der Waals surface area contributed by atoms with Gasteiger partial charge >= 0.3 is 0 Å². The van der Waals surface area contributed by atoms with Gasteiger partial charge in [-0.3, -0.25) is 4.79 Å². The fourth-order valence-electron chi connectivity index (χ4n) is 2.41. The first-order chi connectivity index (χ1) is 10.9. The summed E-state index contributed by atoms with van der Waals surface area (Å²) in [6, 6.07) is 7.96. The lowest BCUT2D eigenvalue weighted by atomic mass is 10.1. The van der Waals surface area contributed by atoms with Crippen LogP contribution in [-0.2, 0) is 6.42 Å². The second-order valence-electron chi connectivity index (χ2n) is 5.90. The van der Waals surface area contributed by atoms with E-state index in [1.54, 1.807) is 13.0 Å². The average molecular weight is 312 g/mol. The Morgan fingerprint density at radius 1 is 1.22 bits per heavy atom. The summed E-state index contributed by atoms with van der Waals surface area (Å²) >= 11 is 0. The maximum atomic E-state index is 12.2. The van der Waals surface area contributed by atoms with Gasteiger partial charge in [-0.2, -0.15) is 0 Å². The van der Waals surface area contributed by atoms with Gasteiger partial charge in [0, 0.05) is 17.8 Å². The van der Waals surface area contributed by atoms with Crippen molar-refractivity contribution in [3.05, 3.63) is 46.9 Å². The number of carbonyl (C=O) groups excluding carboxylic acids is 1. The van der Waals surface area contributed by atoms with Gasteiger partial charge in [0.25, 0.3) is 5.91 Å². The van der Waals surface area contributed by atoms with Crippen LogP contribution in [0.1, 0.15) is 48.2 Å². The van der Waals surface area contributed by atoms with Crippen molar-refractivity contribution in [2.45, 2.75) is 47.1 Å². The van der Waals surface area contributed by atoms with Gasteiger partial charge in [0.05, 0.1) is 0 Å². The molecule has 0 bridgehead atoms. The molecule has 122 valence electrons. The van der Waals surface area contributed by atoms with Gasteiger partial charge in [0.1, 0.15) is 17.3 Å². The van der Waals surface area contributed by atoms with E-state index in [0.717, 1.165) is 17.7 Å². The molecule has 2 aromatic rings. The molecule has 0 spiro atoms. The third kappa shape index (κ3) is 4.28. The zero-order valence-corrected chi connectivity index (χ0v) is 14.4. The molecule has 1 heterocycles. The van der Waals surface area contributed by atoms with Gasteiger partial charge in [0.15, 0.2) is 0 Å². The van der Waals surface area contributed by atoms with Crippen LogP contribution in [0.25, 0.3) is 0 Å². The Morgan fingerprint density at radius 3 is 2.61 bits per heavy atom. The number of aryl methyl sites for hydroxylation is 3. The van der Waals surface area contributed by atoms with E-state index in [2.05, 4.69) is 46.6 Å². The summed E-state index contributed by atoms with van der Waals surface area (Å²) in [6.45, 7) is 9.81. The molecule has 2 rings (SSSR count). The highest BCUT2D eigenvalue weighted by molar-refractivity contribution is 5.93. The Labute approximate surface area is 137 Å². The van der Waals surface area contributed by atoms with Crippen molar-refractivity contribution in [3.8, 4) is 0 Å². The number of rotatable bonds is 5. The van der Waals surface area contributed by atoms with E-state index in [4.69, 9.17) is 0 Å². The number of hydrogen-bond acceptors (Lipinski definition) is 4. The minimum atomic E-state index is -0.186. The molecule has 0 fully saturated rings. The summed E-state index contributed by atoms with van der Waals surface area (Å²) in [4.78, 5) is 20.8. The Hall–Kier alpha value is -2.43. The number of benzene rings is 1. The molecule has 1 aromatic carbocycles. The molecule has 0 saturated heterocycles. The van der Waals surface area contributed by atoms with E-state index >= 15 is 0 Å². The van der Waals surface area contributed by atoms with Crippen LogP contribution in [0.3, 0.4) is 0 Å². The lowest BCUT2D eigenvalue weighted by Crippen LogP contribution is -2.31. The monoisotopic (exact) mass is 312 g/mol. The van der Waals surface area contributed by atoms with E-state index in [1.165, 1.54) is 5.56 Å². The highest BCUT2D eigenvalue weighted by atomic mass is 16.1. The first-order valence-corrected chi connectivity index (χ1v) is 7.92. The van der Waals surface area contributed by atoms with Crippen molar-refractivity contribution in [1.29, 1.82) is 0 Å². The first-order valence-electron chi connectivity index (χ1n) is 7.92. The third-order valence-electron chi connectivity index (χ3n) is 3.48. The maximum absolute atomic E-state index is 12.2. The molecule has 2 N–H and O–H groups in total. The Morgan fingerprint density at radius 2 is 1.96 bits per heavy atom. The summed E-state index contributed by atoms with van der Waals surface area (Å²) in [5.41, 5.74) is 3.78. The number of hydrogen-bond donors (Lipinski definition) is 2. The average Bonchev–Trinajstić information content (AvgIpc) is 2.48. The molecular weight excluding hydrogens is 288 g/mol. The fourth-order valence-corrected chi connectivity index (χ4v) is 2.41. The minimum absolute atomic E-state index is 0.0669. The number of para-hydroxylation sites is 1. The van der Waals surface area contributed by atoms with Gasteiger partial charge < -0.3 is 10.6 Å². The van der Waals surface area contributed by atoms with Gasteiger partial charge in [-0.05, 0) is 45.2 Å². The fraction of sp³-hybridized carbons (Fsp3) is 0.389. The number of amides is 1. The molecule has 0 aliphatic carbocycles. The minimum Gasteiger partial charge on any atom is -0.349 e. The number of nitrogens with one attached hydrogen (secondary N) is 2. The first kappa shape index (κ1) is 16.9. The molecule has 0 aliphatic heterocycles. The topological polar surface area (TPSA) is 66.9 Å². The van der Waals surface area contributed by atoms with Crippen molar-refractivity contribution in [2.24, 2.45) is 0 Å². The van der Waals surface area contributed by atoms with Gasteiger partial charge in [0.2, 0.25) is 0 Å². The van der Waals surface area contributed by atoms with Gasteiger partial charge in [-0.15, -0.1) is 0 Å². The zero-order valence-electron chi connectivity index (χ0n) is 14.4. The lowest BCUT2D eigenvalue weighted by molar-refractivity contribution is 0.0937. The normalized spacial score (nSPS) is 10.7. The molecule has 1 aromatic heterocycles. The summed E-state index contributed by atoms with van der Waals surface area (Å²) in [6.07, 6.45) is 0.925. The number of aromatic nitrogens is 2. The summed E-state index contributed by atoms with van der Waals surface area (Å²) in [5, 5.41) is 6.20. The highest BCUT2D eigenvalue weighted by Crippen LogP contribution is 2.24. The second-order valence-corrected chi connectivity index (χ2v) is 5.90.